The van der Waals surface area contributed by atoms with Crippen LogP contribution in [0.15, 0.2) is 72.4 Å². The molecule has 0 atom stereocenters. The number of esters is 1. The van der Waals surface area contributed by atoms with Crippen molar-refractivity contribution in [3.05, 3.63) is 100 Å². The summed E-state index contributed by atoms with van der Waals surface area (Å²) in [6.07, 6.45) is 5.59. The van der Waals surface area contributed by atoms with Gasteiger partial charge in [-0.05, 0) is 56.0 Å². The zero-order chi connectivity index (χ0) is 28.2. The number of hydrogen-bond donors (Lipinski definition) is 1. The second-order valence-corrected chi connectivity index (χ2v) is 10.1. The number of nitrogens with zero attached hydrogens (tertiary/aromatic N) is 1. The standard InChI is InChI=1S/C33H34N2O5/c1-21(13-15-25-31(38-3)22(2)26-20-40-33(37)30(26)32(25)39-4)14-16-29(36)34-27-11-8-12-28-24(27)17-18-35(28)19-23-9-6-5-7-10-23/h5-13,17-18H,14-16,19-20H2,1-4H3,(H,34,36)/b21-13+. The van der Waals surface area contributed by atoms with Crippen molar-refractivity contribution < 1.29 is 23.8 Å². The lowest BCUT2D eigenvalue weighted by atomic mass is 9.94. The van der Waals surface area contributed by atoms with Gasteiger partial charge >= 0.3 is 5.97 Å². The van der Waals surface area contributed by atoms with Crippen LogP contribution in [-0.4, -0.2) is 30.7 Å². The molecule has 0 saturated carbocycles. The number of aromatic nitrogens is 1. The lowest BCUT2D eigenvalue weighted by Crippen LogP contribution is -2.11. The van der Waals surface area contributed by atoms with Crippen LogP contribution in [0.4, 0.5) is 5.69 Å². The summed E-state index contributed by atoms with van der Waals surface area (Å²) >= 11 is 0. The Morgan fingerprint density at radius 2 is 1.80 bits per heavy atom. The van der Waals surface area contributed by atoms with Gasteiger partial charge in [0.1, 0.15) is 23.7 Å². The van der Waals surface area contributed by atoms with Gasteiger partial charge in [0.2, 0.25) is 5.91 Å². The van der Waals surface area contributed by atoms with Gasteiger partial charge in [-0.25, -0.2) is 4.79 Å². The Morgan fingerprint density at radius 1 is 1.02 bits per heavy atom. The van der Waals surface area contributed by atoms with Crippen LogP contribution in [0.2, 0.25) is 0 Å². The summed E-state index contributed by atoms with van der Waals surface area (Å²) in [6, 6.07) is 18.4. The van der Waals surface area contributed by atoms with Crippen LogP contribution >= 0.6 is 0 Å². The number of fused-ring (bicyclic) bond motifs is 2. The Labute approximate surface area is 234 Å². The Balaban J connectivity index is 1.26. The zero-order valence-corrected chi connectivity index (χ0v) is 23.4. The number of methoxy groups -OCH3 is 2. The van der Waals surface area contributed by atoms with E-state index in [-0.39, 0.29) is 18.5 Å². The Morgan fingerprint density at radius 3 is 2.55 bits per heavy atom. The normalized spacial score (nSPS) is 12.8. The van der Waals surface area contributed by atoms with Crippen molar-refractivity contribution in [2.24, 2.45) is 0 Å². The molecule has 206 valence electrons. The second kappa shape index (κ2) is 11.7. The molecule has 40 heavy (non-hydrogen) atoms. The molecule has 1 N–H and O–H groups in total. The first kappa shape index (κ1) is 27.1. The number of allylic oxidation sites excluding steroid dienone is 2. The lowest BCUT2D eigenvalue weighted by molar-refractivity contribution is -0.116. The van der Waals surface area contributed by atoms with E-state index in [0.717, 1.165) is 45.4 Å². The summed E-state index contributed by atoms with van der Waals surface area (Å²) < 4.78 is 18.8. The third-order valence-electron chi connectivity index (χ3n) is 7.51. The number of benzene rings is 3. The number of nitrogens with one attached hydrogen (secondary N) is 1. The van der Waals surface area contributed by atoms with Crippen LogP contribution in [-0.2, 0) is 29.1 Å². The molecule has 0 spiro atoms. The molecule has 1 aliphatic heterocycles. The zero-order valence-electron chi connectivity index (χ0n) is 23.4. The van der Waals surface area contributed by atoms with E-state index in [2.05, 4.69) is 40.4 Å². The van der Waals surface area contributed by atoms with E-state index in [1.54, 1.807) is 14.2 Å². The first-order valence-corrected chi connectivity index (χ1v) is 13.4. The third kappa shape index (κ3) is 5.32. The number of amides is 1. The maximum absolute atomic E-state index is 12.9. The average molecular weight is 539 g/mol. The number of carbonyl (C=O) groups is 2. The summed E-state index contributed by atoms with van der Waals surface area (Å²) in [5.74, 6) is 0.779. The predicted molar refractivity (Wildman–Crippen MR) is 156 cm³/mol. The highest BCUT2D eigenvalue weighted by molar-refractivity contribution is 6.01. The third-order valence-corrected chi connectivity index (χ3v) is 7.51. The molecule has 0 unspecified atom stereocenters. The van der Waals surface area contributed by atoms with Gasteiger partial charge in [0.25, 0.3) is 0 Å². The van der Waals surface area contributed by atoms with Crippen LogP contribution in [0.25, 0.3) is 10.9 Å². The molecule has 0 aliphatic carbocycles. The van der Waals surface area contributed by atoms with E-state index in [4.69, 9.17) is 14.2 Å². The number of anilines is 1. The van der Waals surface area contributed by atoms with Crippen LogP contribution in [0.3, 0.4) is 0 Å². The molecule has 4 aromatic rings. The molecule has 0 bridgehead atoms. The van der Waals surface area contributed by atoms with Gasteiger partial charge in [0, 0.05) is 35.7 Å². The van der Waals surface area contributed by atoms with Crippen LogP contribution in [0.5, 0.6) is 11.5 Å². The van der Waals surface area contributed by atoms with Crippen molar-refractivity contribution in [2.75, 3.05) is 19.5 Å². The van der Waals surface area contributed by atoms with Gasteiger partial charge in [-0.1, -0.05) is 48.0 Å². The van der Waals surface area contributed by atoms with Gasteiger partial charge in [-0.3, -0.25) is 4.79 Å². The average Bonchev–Trinajstić information content (AvgIpc) is 3.56. The van der Waals surface area contributed by atoms with Gasteiger partial charge < -0.3 is 24.1 Å². The predicted octanol–water partition coefficient (Wildman–Crippen LogP) is 6.59. The number of hydrogen-bond acceptors (Lipinski definition) is 5. The fraction of sp³-hybridized carbons (Fsp3) is 0.273. The van der Waals surface area contributed by atoms with E-state index in [9.17, 15) is 9.59 Å². The molecule has 0 radical (unpaired) electrons. The number of carbonyl (C=O) groups excluding carboxylic acids is 2. The van der Waals surface area contributed by atoms with Gasteiger partial charge in [0.05, 0.1) is 25.4 Å². The second-order valence-electron chi connectivity index (χ2n) is 10.1. The van der Waals surface area contributed by atoms with Crippen LogP contribution in [0.1, 0.15) is 52.4 Å². The van der Waals surface area contributed by atoms with Crippen LogP contribution < -0.4 is 14.8 Å². The molecule has 5 rings (SSSR count). The fourth-order valence-corrected chi connectivity index (χ4v) is 5.39. The smallest absolute Gasteiger partial charge is 0.342 e. The van der Waals surface area contributed by atoms with Crippen molar-refractivity contribution in [2.45, 2.75) is 46.3 Å². The molecular formula is C33H34N2O5. The molecule has 7 nitrogen and oxygen atoms in total. The Bertz CT molecular complexity index is 1600. The molecule has 3 aromatic carbocycles. The van der Waals surface area contributed by atoms with E-state index < -0.39 is 0 Å². The summed E-state index contributed by atoms with van der Waals surface area (Å²) in [5.41, 5.74) is 7.15. The maximum atomic E-state index is 12.9. The SMILES string of the molecule is COc1c(C)c2c(c(OC)c1C/C=C(\C)CCC(=O)Nc1cccc3c1ccn3Cc1ccccc1)C(=O)OC2. The van der Waals surface area contributed by atoms with Gasteiger partial charge in [-0.15, -0.1) is 0 Å². The summed E-state index contributed by atoms with van der Waals surface area (Å²) in [5, 5.41) is 4.11. The molecule has 2 heterocycles. The van der Waals surface area contributed by atoms with E-state index in [0.29, 0.717) is 36.3 Å². The van der Waals surface area contributed by atoms with Crippen LogP contribution in [0, 0.1) is 6.92 Å². The molecule has 1 amide bonds. The van der Waals surface area contributed by atoms with Crippen molar-refractivity contribution in [1.82, 2.24) is 4.57 Å². The molecule has 0 saturated heterocycles. The summed E-state index contributed by atoms with van der Waals surface area (Å²) in [7, 11) is 3.17. The van der Waals surface area contributed by atoms with E-state index in [1.165, 1.54) is 5.56 Å². The number of cyclic esters (lactones) is 1. The Kier molecular flexibility index (Phi) is 7.91. The first-order chi connectivity index (χ1) is 19.4. The molecule has 1 aliphatic rings. The van der Waals surface area contributed by atoms with Crippen molar-refractivity contribution in [3.63, 3.8) is 0 Å². The Hall–Kier alpha value is -4.52. The molecule has 1 aromatic heterocycles. The topological polar surface area (TPSA) is 78.8 Å². The monoisotopic (exact) mass is 538 g/mol. The first-order valence-electron chi connectivity index (χ1n) is 13.4. The van der Waals surface area contributed by atoms with Gasteiger partial charge in [0.15, 0.2) is 0 Å². The van der Waals surface area contributed by atoms with Crippen molar-refractivity contribution in [1.29, 1.82) is 0 Å². The number of rotatable bonds is 10. The molecule has 0 fully saturated rings. The summed E-state index contributed by atoms with van der Waals surface area (Å²) in [4.78, 5) is 25.3. The molecular weight excluding hydrogens is 504 g/mol. The van der Waals surface area contributed by atoms with E-state index >= 15 is 0 Å². The van der Waals surface area contributed by atoms with E-state index in [1.807, 2.05) is 50.2 Å². The van der Waals surface area contributed by atoms with Crippen molar-refractivity contribution >= 4 is 28.5 Å². The number of ether oxygens (including phenoxy) is 3. The van der Waals surface area contributed by atoms with Crippen molar-refractivity contribution in [3.8, 4) is 11.5 Å². The molecule has 7 heteroatoms. The lowest BCUT2D eigenvalue weighted by Gasteiger charge is -2.18. The quantitative estimate of drug-likeness (QED) is 0.182. The highest BCUT2D eigenvalue weighted by atomic mass is 16.5. The minimum Gasteiger partial charge on any atom is -0.496 e. The minimum absolute atomic E-state index is 0.0395. The maximum Gasteiger partial charge on any atom is 0.342 e. The highest BCUT2D eigenvalue weighted by Crippen LogP contribution is 2.42. The van der Waals surface area contributed by atoms with Gasteiger partial charge in [-0.2, -0.15) is 0 Å². The summed E-state index contributed by atoms with van der Waals surface area (Å²) in [6.45, 7) is 4.93. The fourth-order valence-electron chi connectivity index (χ4n) is 5.39. The minimum atomic E-state index is -0.373. The largest absolute Gasteiger partial charge is 0.496 e. The highest BCUT2D eigenvalue weighted by Gasteiger charge is 2.32.